The summed E-state index contributed by atoms with van der Waals surface area (Å²) in [5, 5.41) is 2.98. The Balaban J connectivity index is 1.92. The third kappa shape index (κ3) is 2.07. The Morgan fingerprint density at radius 2 is 1.95 bits per heavy atom. The van der Waals surface area contributed by atoms with Crippen molar-refractivity contribution < 1.29 is 14.4 Å². The fraction of sp³-hybridized carbons (Fsp3) is 0.308. The Morgan fingerprint density at radius 3 is 2.65 bits per heavy atom. The molecule has 5 nitrogen and oxygen atoms in total. The standard InChI is InChI=1S/C13H10Cl2N2O3/c14-7-3-6-5-17(13(20)11(6)8(15)4-7)9-1-2-10(18)16-12(9)19/h3-4,9H,1-2,5H2,(H,16,18,19). The highest BCUT2D eigenvalue weighted by Crippen LogP contribution is 2.34. The van der Waals surface area contributed by atoms with E-state index in [1.807, 2.05) is 0 Å². The van der Waals surface area contributed by atoms with E-state index >= 15 is 0 Å². The first kappa shape index (κ1) is 13.4. The summed E-state index contributed by atoms with van der Waals surface area (Å²) in [5.74, 6) is -1.04. The lowest BCUT2D eigenvalue weighted by Crippen LogP contribution is -2.52. The topological polar surface area (TPSA) is 66.5 Å². The number of hydrogen-bond acceptors (Lipinski definition) is 3. The van der Waals surface area contributed by atoms with Crippen molar-refractivity contribution in [3.63, 3.8) is 0 Å². The summed E-state index contributed by atoms with van der Waals surface area (Å²) in [6.45, 7) is 0.278. The lowest BCUT2D eigenvalue weighted by Gasteiger charge is -2.29. The molecule has 2 aliphatic rings. The fourth-order valence-corrected chi connectivity index (χ4v) is 3.24. The predicted octanol–water partition coefficient (Wildman–Crippen LogP) is 1.75. The Labute approximate surface area is 124 Å². The Bertz CT molecular complexity index is 645. The summed E-state index contributed by atoms with van der Waals surface area (Å²) in [5.41, 5.74) is 1.10. The number of carbonyl (C=O) groups is 3. The molecule has 0 bridgehead atoms. The molecule has 3 amide bonds. The van der Waals surface area contributed by atoms with Crippen molar-refractivity contribution in [3.8, 4) is 0 Å². The number of benzene rings is 1. The van der Waals surface area contributed by atoms with Crippen molar-refractivity contribution in [3.05, 3.63) is 33.3 Å². The molecule has 1 fully saturated rings. The molecule has 0 radical (unpaired) electrons. The Hall–Kier alpha value is -1.59. The predicted molar refractivity (Wildman–Crippen MR) is 72.5 cm³/mol. The molecule has 1 unspecified atom stereocenters. The third-order valence-corrected chi connectivity index (χ3v) is 4.05. The van der Waals surface area contributed by atoms with Gasteiger partial charge in [0.05, 0.1) is 10.6 Å². The number of piperidine rings is 1. The third-order valence-electron chi connectivity index (χ3n) is 3.54. The van der Waals surface area contributed by atoms with E-state index in [0.29, 0.717) is 22.6 Å². The number of fused-ring (bicyclic) bond motifs is 1. The summed E-state index contributed by atoms with van der Waals surface area (Å²) >= 11 is 12.0. The highest BCUT2D eigenvalue weighted by atomic mass is 35.5. The molecule has 1 aromatic carbocycles. The van der Waals surface area contributed by atoms with E-state index < -0.39 is 11.9 Å². The van der Waals surface area contributed by atoms with Gasteiger partial charge in [0, 0.05) is 18.0 Å². The summed E-state index contributed by atoms with van der Waals surface area (Å²) in [7, 11) is 0. The second kappa shape index (κ2) is 4.75. The minimum atomic E-state index is -0.637. The molecule has 0 saturated carbocycles. The molecule has 1 atom stereocenters. The lowest BCUT2D eigenvalue weighted by molar-refractivity contribution is -0.136. The van der Waals surface area contributed by atoms with Gasteiger partial charge in [-0.2, -0.15) is 0 Å². The summed E-state index contributed by atoms with van der Waals surface area (Å²) in [4.78, 5) is 36.8. The van der Waals surface area contributed by atoms with Crippen LogP contribution in [0.25, 0.3) is 0 Å². The quantitative estimate of drug-likeness (QED) is 0.803. The van der Waals surface area contributed by atoms with Crippen LogP contribution in [0.4, 0.5) is 0 Å². The van der Waals surface area contributed by atoms with Gasteiger partial charge in [0.15, 0.2) is 0 Å². The van der Waals surface area contributed by atoms with Crippen molar-refractivity contribution in [1.29, 1.82) is 0 Å². The minimum Gasteiger partial charge on any atom is -0.322 e. The van der Waals surface area contributed by atoms with E-state index in [1.165, 1.54) is 11.0 Å². The van der Waals surface area contributed by atoms with E-state index in [1.54, 1.807) is 6.07 Å². The SMILES string of the molecule is O=C1CCC(N2Cc3cc(Cl)cc(Cl)c3C2=O)C(=O)N1. The second-order valence-corrected chi connectivity index (χ2v) is 5.67. The fourth-order valence-electron chi connectivity index (χ4n) is 2.62. The number of rotatable bonds is 1. The number of imide groups is 1. The van der Waals surface area contributed by atoms with Crippen LogP contribution in [0.1, 0.15) is 28.8 Å². The van der Waals surface area contributed by atoms with Gasteiger partial charge in [-0.3, -0.25) is 19.7 Å². The van der Waals surface area contributed by atoms with E-state index in [2.05, 4.69) is 5.32 Å². The van der Waals surface area contributed by atoms with Gasteiger partial charge >= 0.3 is 0 Å². The highest BCUT2D eigenvalue weighted by Gasteiger charge is 2.40. The van der Waals surface area contributed by atoms with Crippen LogP contribution in [0.3, 0.4) is 0 Å². The monoisotopic (exact) mass is 312 g/mol. The van der Waals surface area contributed by atoms with Crippen molar-refractivity contribution in [2.24, 2.45) is 0 Å². The van der Waals surface area contributed by atoms with Gasteiger partial charge in [-0.25, -0.2) is 0 Å². The van der Waals surface area contributed by atoms with Gasteiger partial charge in [0.25, 0.3) is 5.91 Å². The minimum absolute atomic E-state index is 0.227. The Morgan fingerprint density at radius 1 is 1.20 bits per heavy atom. The zero-order valence-corrected chi connectivity index (χ0v) is 11.8. The van der Waals surface area contributed by atoms with Crippen LogP contribution in [0.2, 0.25) is 10.0 Å². The molecule has 0 aliphatic carbocycles. The van der Waals surface area contributed by atoms with E-state index in [9.17, 15) is 14.4 Å². The average molecular weight is 313 g/mol. The van der Waals surface area contributed by atoms with Gasteiger partial charge in [0.2, 0.25) is 11.8 Å². The van der Waals surface area contributed by atoms with Crippen LogP contribution in [0.15, 0.2) is 12.1 Å². The van der Waals surface area contributed by atoms with E-state index in [4.69, 9.17) is 23.2 Å². The number of nitrogens with one attached hydrogen (secondary N) is 1. The van der Waals surface area contributed by atoms with Crippen LogP contribution in [0.5, 0.6) is 0 Å². The van der Waals surface area contributed by atoms with Crippen molar-refractivity contribution in [2.45, 2.75) is 25.4 Å². The number of halogens is 2. The lowest BCUT2D eigenvalue weighted by atomic mass is 10.0. The average Bonchev–Trinajstić information content (AvgIpc) is 2.66. The van der Waals surface area contributed by atoms with Crippen molar-refractivity contribution in [2.75, 3.05) is 0 Å². The molecule has 2 heterocycles. The maximum absolute atomic E-state index is 12.4. The van der Waals surface area contributed by atoms with Gasteiger partial charge < -0.3 is 4.90 Å². The number of hydrogen-bond donors (Lipinski definition) is 1. The van der Waals surface area contributed by atoms with Crippen molar-refractivity contribution >= 4 is 40.9 Å². The molecule has 0 spiro atoms. The van der Waals surface area contributed by atoms with E-state index in [0.717, 1.165) is 0 Å². The molecule has 1 saturated heterocycles. The molecule has 104 valence electrons. The van der Waals surface area contributed by atoms with Gasteiger partial charge in [0.1, 0.15) is 6.04 Å². The van der Waals surface area contributed by atoms with Gasteiger partial charge in [-0.15, -0.1) is 0 Å². The maximum Gasteiger partial charge on any atom is 0.256 e. The molecule has 1 aromatic rings. The van der Waals surface area contributed by atoms with Crippen molar-refractivity contribution in [1.82, 2.24) is 10.2 Å². The van der Waals surface area contributed by atoms with Gasteiger partial charge in [-0.05, 0) is 24.1 Å². The molecular formula is C13H10Cl2N2O3. The molecule has 1 N–H and O–H groups in total. The van der Waals surface area contributed by atoms with Crippen LogP contribution in [-0.4, -0.2) is 28.7 Å². The molecule has 20 heavy (non-hydrogen) atoms. The number of amides is 3. The second-order valence-electron chi connectivity index (χ2n) is 4.82. The van der Waals surface area contributed by atoms with E-state index in [-0.39, 0.29) is 29.8 Å². The summed E-state index contributed by atoms with van der Waals surface area (Å²) in [6.07, 6.45) is 0.556. The van der Waals surface area contributed by atoms with Crippen LogP contribution in [0, 0.1) is 0 Å². The first-order chi connectivity index (χ1) is 9.47. The number of carbonyl (C=O) groups excluding carboxylic acids is 3. The Kier molecular flexibility index (Phi) is 3.18. The number of nitrogens with zero attached hydrogens (tertiary/aromatic N) is 1. The van der Waals surface area contributed by atoms with Crippen LogP contribution in [-0.2, 0) is 16.1 Å². The van der Waals surface area contributed by atoms with Crippen LogP contribution >= 0.6 is 23.2 Å². The first-order valence-electron chi connectivity index (χ1n) is 6.10. The molecule has 7 heteroatoms. The molecule has 0 aromatic heterocycles. The normalized spacial score (nSPS) is 22.0. The maximum atomic E-state index is 12.4. The summed E-state index contributed by atoms with van der Waals surface area (Å²) in [6, 6.07) is 2.54. The summed E-state index contributed by atoms with van der Waals surface area (Å²) < 4.78 is 0. The van der Waals surface area contributed by atoms with Crippen LogP contribution < -0.4 is 5.32 Å². The van der Waals surface area contributed by atoms with Gasteiger partial charge in [-0.1, -0.05) is 23.2 Å². The molecule has 2 aliphatic heterocycles. The first-order valence-corrected chi connectivity index (χ1v) is 6.85. The smallest absolute Gasteiger partial charge is 0.256 e. The highest BCUT2D eigenvalue weighted by molar-refractivity contribution is 6.37. The zero-order valence-electron chi connectivity index (χ0n) is 10.3. The largest absolute Gasteiger partial charge is 0.322 e. The molecule has 3 rings (SSSR count). The zero-order chi connectivity index (χ0) is 14.4. The molecular weight excluding hydrogens is 303 g/mol.